The summed E-state index contributed by atoms with van der Waals surface area (Å²) in [6.45, 7) is 6.16. The first-order chi connectivity index (χ1) is 14.1. The Kier molecular flexibility index (Phi) is 6.47. The number of carbonyl (C=O) groups excluding carboxylic acids is 1. The largest absolute Gasteiger partial charge is 0.486 e. The van der Waals surface area contributed by atoms with Crippen molar-refractivity contribution in [1.82, 2.24) is 5.32 Å². The lowest BCUT2D eigenvalue weighted by Crippen LogP contribution is -2.48. The number of ether oxygens (including phenoxy) is 2. The Bertz CT molecular complexity index is 1060. The molecule has 3 rings (SSSR count). The van der Waals surface area contributed by atoms with Crippen LogP contribution in [0.1, 0.15) is 31.0 Å². The molecule has 9 heteroatoms. The van der Waals surface area contributed by atoms with E-state index in [1.54, 1.807) is 31.2 Å². The lowest BCUT2D eigenvalue weighted by Gasteiger charge is -2.29. The summed E-state index contributed by atoms with van der Waals surface area (Å²) < 4.78 is 37.1. The van der Waals surface area contributed by atoms with Crippen LogP contribution in [0.15, 0.2) is 36.4 Å². The van der Waals surface area contributed by atoms with E-state index >= 15 is 0 Å². The number of halogens is 1. The third-order valence-electron chi connectivity index (χ3n) is 4.92. The number of rotatable bonds is 6. The zero-order valence-electron chi connectivity index (χ0n) is 17.3. The van der Waals surface area contributed by atoms with Gasteiger partial charge < -0.3 is 14.8 Å². The summed E-state index contributed by atoms with van der Waals surface area (Å²) in [7, 11) is -3.73. The van der Waals surface area contributed by atoms with Gasteiger partial charge in [0.1, 0.15) is 19.3 Å². The molecule has 2 aromatic rings. The molecule has 1 amide bonds. The third-order valence-corrected chi connectivity index (χ3v) is 6.57. The van der Waals surface area contributed by atoms with Crippen LogP contribution in [0.25, 0.3) is 0 Å². The van der Waals surface area contributed by atoms with Gasteiger partial charge in [-0.15, -0.1) is 0 Å². The number of anilines is 1. The smallest absolute Gasteiger partial charge is 0.244 e. The second kappa shape index (κ2) is 8.73. The van der Waals surface area contributed by atoms with Crippen LogP contribution >= 0.6 is 11.6 Å². The second-order valence-corrected chi connectivity index (χ2v) is 9.57. The molecule has 0 bridgehead atoms. The van der Waals surface area contributed by atoms with E-state index in [1.165, 1.54) is 0 Å². The van der Waals surface area contributed by atoms with E-state index in [0.29, 0.717) is 35.4 Å². The first kappa shape index (κ1) is 22.2. The number of nitrogens with zero attached hydrogens (tertiary/aromatic N) is 1. The maximum atomic E-state index is 12.9. The fraction of sp³-hybridized carbons (Fsp3) is 0.381. The number of aryl methyl sites for hydroxylation is 1. The highest BCUT2D eigenvalue weighted by Crippen LogP contribution is 2.33. The Morgan fingerprint density at radius 3 is 2.40 bits per heavy atom. The van der Waals surface area contributed by atoms with Crippen LogP contribution in [-0.4, -0.2) is 39.8 Å². The summed E-state index contributed by atoms with van der Waals surface area (Å²) in [4.78, 5) is 12.9. The minimum absolute atomic E-state index is 0.336. The molecule has 0 unspecified atom stereocenters. The van der Waals surface area contributed by atoms with E-state index in [4.69, 9.17) is 21.1 Å². The average Bonchev–Trinajstić information content (AvgIpc) is 2.69. The van der Waals surface area contributed by atoms with Crippen LogP contribution < -0.4 is 19.1 Å². The van der Waals surface area contributed by atoms with Gasteiger partial charge >= 0.3 is 0 Å². The van der Waals surface area contributed by atoms with Gasteiger partial charge in [0.05, 0.1) is 18.0 Å². The van der Waals surface area contributed by atoms with Gasteiger partial charge in [-0.2, -0.15) is 0 Å². The Hall–Kier alpha value is -2.45. The van der Waals surface area contributed by atoms with Gasteiger partial charge in [0.25, 0.3) is 0 Å². The molecule has 0 aliphatic carbocycles. The Morgan fingerprint density at radius 1 is 1.10 bits per heavy atom. The highest BCUT2D eigenvalue weighted by atomic mass is 35.5. The van der Waals surface area contributed by atoms with Crippen LogP contribution in [0.5, 0.6) is 11.5 Å². The van der Waals surface area contributed by atoms with E-state index in [9.17, 15) is 13.2 Å². The van der Waals surface area contributed by atoms with Crippen molar-refractivity contribution in [3.8, 4) is 11.5 Å². The van der Waals surface area contributed by atoms with E-state index in [1.807, 2.05) is 26.0 Å². The number of fused-ring (bicyclic) bond motifs is 1. The van der Waals surface area contributed by atoms with Gasteiger partial charge in [-0.25, -0.2) is 8.42 Å². The van der Waals surface area contributed by atoms with E-state index in [2.05, 4.69) is 5.32 Å². The van der Waals surface area contributed by atoms with Crippen molar-refractivity contribution in [2.75, 3.05) is 23.8 Å². The molecule has 7 nitrogen and oxygen atoms in total. The Labute approximate surface area is 182 Å². The molecule has 0 spiro atoms. The van der Waals surface area contributed by atoms with Crippen LogP contribution in [0.2, 0.25) is 5.02 Å². The van der Waals surface area contributed by atoms with Gasteiger partial charge in [0, 0.05) is 5.02 Å². The predicted molar refractivity (Wildman–Crippen MR) is 117 cm³/mol. The maximum Gasteiger partial charge on any atom is 0.244 e. The number of carbonyl (C=O) groups is 1. The molecular formula is C21H25ClN2O5S. The summed E-state index contributed by atoms with van der Waals surface area (Å²) in [5.41, 5.74) is 1.98. The van der Waals surface area contributed by atoms with E-state index in [-0.39, 0.29) is 6.04 Å². The first-order valence-electron chi connectivity index (χ1n) is 9.53. The standard InChI is InChI=1S/C21H25ClN2O5S/c1-13-5-7-17(12-18(13)22)24(30(4,26)27)15(3)21(25)23-14(2)16-6-8-19-20(11-16)29-10-9-28-19/h5-8,11-12,14-15H,9-10H2,1-4H3,(H,23,25)/t14-,15+/m1/s1. The number of amides is 1. The number of hydrogen-bond donors (Lipinski definition) is 1. The monoisotopic (exact) mass is 452 g/mol. The molecule has 30 heavy (non-hydrogen) atoms. The maximum absolute atomic E-state index is 12.9. The van der Waals surface area contributed by atoms with Gasteiger partial charge in [-0.3, -0.25) is 9.10 Å². The first-order valence-corrected chi connectivity index (χ1v) is 11.8. The van der Waals surface area contributed by atoms with Gasteiger partial charge in [-0.1, -0.05) is 23.7 Å². The highest BCUT2D eigenvalue weighted by Gasteiger charge is 2.30. The van der Waals surface area contributed by atoms with Gasteiger partial charge in [0.15, 0.2) is 11.5 Å². The summed E-state index contributed by atoms with van der Waals surface area (Å²) in [6.07, 6.45) is 1.06. The summed E-state index contributed by atoms with van der Waals surface area (Å²) in [6, 6.07) is 9.03. The normalized spacial score (nSPS) is 15.2. The average molecular weight is 453 g/mol. The molecule has 2 atom stereocenters. The minimum atomic E-state index is -3.73. The van der Waals surface area contributed by atoms with E-state index < -0.39 is 22.0 Å². The lowest BCUT2D eigenvalue weighted by molar-refractivity contribution is -0.122. The molecular weight excluding hydrogens is 428 g/mol. The third kappa shape index (κ3) is 4.82. The van der Waals surface area contributed by atoms with Crippen molar-refractivity contribution >= 4 is 33.2 Å². The molecule has 0 saturated carbocycles. The van der Waals surface area contributed by atoms with Gasteiger partial charge in [-0.05, 0) is 56.2 Å². The summed E-state index contributed by atoms with van der Waals surface area (Å²) in [5.74, 6) is 0.857. The second-order valence-electron chi connectivity index (χ2n) is 7.30. The summed E-state index contributed by atoms with van der Waals surface area (Å²) in [5, 5.41) is 3.31. The lowest BCUT2D eigenvalue weighted by atomic mass is 10.1. The molecule has 0 aromatic heterocycles. The molecule has 2 aromatic carbocycles. The van der Waals surface area contributed by atoms with Crippen molar-refractivity contribution in [2.24, 2.45) is 0 Å². The molecule has 1 aliphatic heterocycles. The van der Waals surface area contributed by atoms with Crippen LogP contribution in [0, 0.1) is 6.92 Å². The minimum Gasteiger partial charge on any atom is -0.486 e. The van der Waals surface area contributed by atoms with Crippen LogP contribution in [0.4, 0.5) is 5.69 Å². The predicted octanol–water partition coefficient (Wildman–Crippen LogP) is 3.45. The number of hydrogen-bond acceptors (Lipinski definition) is 5. The van der Waals surface area contributed by atoms with Crippen molar-refractivity contribution in [2.45, 2.75) is 32.9 Å². The van der Waals surface area contributed by atoms with Gasteiger partial charge in [0.2, 0.25) is 15.9 Å². The molecule has 0 radical (unpaired) electrons. The number of nitrogens with one attached hydrogen (secondary N) is 1. The summed E-state index contributed by atoms with van der Waals surface area (Å²) >= 11 is 6.17. The fourth-order valence-corrected chi connectivity index (χ4v) is 4.62. The van der Waals surface area contributed by atoms with Crippen LogP contribution in [-0.2, 0) is 14.8 Å². The highest BCUT2D eigenvalue weighted by molar-refractivity contribution is 7.92. The zero-order chi connectivity index (χ0) is 22.1. The fourth-order valence-electron chi connectivity index (χ4n) is 3.27. The van der Waals surface area contributed by atoms with Crippen molar-refractivity contribution in [3.63, 3.8) is 0 Å². The molecule has 1 N–H and O–H groups in total. The van der Waals surface area contributed by atoms with Crippen LogP contribution in [0.3, 0.4) is 0 Å². The number of benzene rings is 2. The molecule has 0 fully saturated rings. The molecule has 162 valence electrons. The zero-order valence-corrected chi connectivity index (χ0v) is 18.9. The number of sulfonamides is 1. The Balaban J connectivity index is 1.80. The van der Waals surface area contributed by atoms with Crippen molar-refractivity contribution < 1.29 is 22.7 Å². The SMILES string of the molecule is Cc1ccc(N([C@@H](C)C(=O)N[C@H](C)c2ccc3c(c2)OCCO3)S(C)(=O)=O)cc1Cl. The quantitative estimate of drug-likeness (QED) is 0.725. The molecule has 0 saturated heterocycles. The molecule has 1 aliphatic rings. The van der Waals surface area contributed by atoms with Crippen molar-refractivity contribution in [1.29, 1.82) is 0 Å². The topological polar surface area (TPSA) is 84.9 Å². The van der Waals surface area contributed by atoms with E-state index in [0.717, 1.165) is 21.7 Å². The van der Waals surface area contributed by atoms with Crippen molar-refractivity contribution in [3.05, 3.63) is 52.5 Å². The Morgan fingerprint density at radius 2 is 1.77 bits per heavy atom. The molecule has 1 heterocycles.